The highest BCUT2D eigenvalue weighted by molar-refractivity contribution is 5.77. The molecule has 1 fully saturated rings. The molecule has 1 heterocycles. The Balaban J connectivity index is 1.72. The van der Waals surface area contributed by atoms with Crippen molar-refractivity contribution in [3.63, 3.8) is 0 Å². The number of aryl methyl sites for hydroxylation is 1. The standard InChI is InChI=1S/C19H32N4O/c1-16-6-4-7-17(14-16)19(2,3)15-22-18(20)21-8-5-9-23-10-12-24-13-11-23/h4,6-7,14H,5,8-13,15H2,1-3H3,(H3,20,21,22). The van der Waals surface area contributed by atoms with E-state index >= 15 is 0 Å². The maximum Gasteiger partial charge on any atom is 0.188 e. The van der Waals surface area contributed by atoms with Crippen molar-refractivity contribution in [1.82, 2.24) is 10.2 Å². The van der Waals surface area contributed by atoms with Gasteiger partial charge in [-0.25, -0.2) is 0 Å². The Labute approximate surface area is 146 Å². The monoisotopic (exact) mass is 332 g/mol. The highest BCUT2D eigenvalue weighted by Gasteiger charge is 2.20. The molecule has 1 saturated heterocycles. The van der Waals surface area contributed by atoms with Gasteiger partial charge in [0.15, 0.2) is 5.96 Å². The van der Waals surface area contributed by atoms with Crippen molar-refractivity contribution >= 4 is 5.96 Å². The van der Waals surface area contributed by atoms with Gasteiger partial charge in [-0.3, -0.25) is 9.89 Å². The van der Waals surface area contributed by atoms with Crippen LogP contribution in [0.4, 0.5) is 0 Å². The van der Waals surface area contributed by atoms with Crippen molar-refractivity contribution in [1.29, 1.82) is 0 Å². The number of hydrogen-bond acceptors (Lipinski definition) is 3. The molecule has 0 aromatic heterocycles. The predicted molar refractivity (Wildman–Crippen MR) is 101 cm³/mol. The van der Waals surface area contributed by atoms with E-state index in [0.717, 1.165) is 45.8 Å². The SMILES string of the molecule is Cc1cccc(C(C)(C)CN=C(N)NCCCN2CCOCC2)c1. The minimum atomic E-state index is -0.0217. The smallest absolute Gasteiger partial charge is 0.188 e. The van der Waals surface area contributed by atoms with Gasteiger partial charge in [-0.15, -0.1) is 0 Å². The maximum absolute atomic E-state index is 6.01. The Morgan fingerprint density at radius 2 is 2.08 bits per heavy atom. The number of nitrogens with zero attached hydrogens (tertiary/aromatic N) is 2. The second-order valence-corrected chi connectivity index (χ2v) is 7.19. The van der Waals surface area contributed by atoms with Crippen LogP contribution < -0.4 is 11.1 Å². The van der Waals surface area contributed by atoms with Crippen LogP contribution in [0.5, 0.6) is 0 Å². The molecule has 0 spiro atoms. The van der Waals surface area contributed by atoms with E-state index in [2.05, 4.69) is 60.2 Å². The van der Waals surface area contributed by atoms with Gasteiger partial charge in [0.25, 0.3) is 0 Å². The second kappa shape index (κ2) is 9.04. The number of guanidine groups is 1. The summed E-state index contributed by atoms with van der Waals surface area (Å²) < 4.78 is 5.36. The number of nitrogens with one attached hydrogen (secondary N) is 1. The lowest BCUT2D eigenvalue weighted by Crippen LogP contribution is -2.39. The molecule has 0 unspecified atom stereocenters. The molecule has 0 atom stereocenters. The van der Waals surface area contributed by atoms with Crippen molar-refractivity contribution in [2.45, 2.75) is 32.6 Å². The van der Waals surface area contributed by atoms with Crippen LogP contribution in [-0.2, 0) is 10.2 Å². The van der Waals surface area contributed by atoms with Gasteiger partial charge in [-0.1, -0.05) is 43.7 Å². The molecule has 24 heavy (non-hydrogen) atoms. The number of benzene rings is 1. The van der Waals surface area contributed by atoms with E-state index in [-0.39, 0.29) is 5.41 Å². The van der Waals surface area contributed by atoms with Crippen LogP contribution in [0.15, 0.2) is 29.3 Å². The number of nitrogens with two attached hydrogens (primary N) is 1. The molecular weight excluding hydrogens is 300 g/mol. The number of ether oxygens (including phenoxy) is 1. The summed E-state index contributed by atoms with van der Waals surface area (Å²) in [6, 6.07) is 8.60. The Morgan fingerprint density at radius 3 is 2.79 bits per heavy atom. The third kappa shape index (κ3) is 6.13. The van der Waals surface area contributed by atoms with Crippen molar-refractivity contribution in [2.75, 3.05) is 45.9 Å². The third-order valence-electron chi connectivity index (χ3n) is 4.51. The molecule has 0 saturated carbocycles. The van der Waals surface area contributed by atoms with E-state index in [1.165, 1.54) is 11.1 Å². The molecule has 1 aliphatic rings. The van der Waals surface area contributed by atoms with E-state index in [0.29, 0.717) is 12.5 Å². The van der Waals surface area contributed by atoms with Gasteiger partial charge < -0.3 is 15.8 Å². The topological polar surface area (TPSA) is 62.9 Å². The zero-order chi connectivity index (χ0) is 17.4. The molecule has 5 heteroatoms. The zero-order valence-corrected chi connectivity index (χ0v) is 15.3. The first-order chi connectivity index (χ1) is 11.5. The third-order valence-corrected chi connectivity index (χ3v) is 4.51. The lowest BCUT2D eigenvalue weighted by molar-refractivity contribution is 0.0376. The summed E-state index contributed by atoms with van der Waals surface area (Å²) in [5, 5.41) is 3.23. The van der Waals surface area contributed by atoms with Crippen molar-refractivity contribution in [2.24, 2.45) is 10.7 Å². The molecule has 3 N–H and O–H groups in total. The van der Waals surface area contributed by atoms with Crippen LogP contribution in [0.25, 0.3) is 0 Å². The normalized spacial score (nSPS) is 17.0. The van der Waals surface area contributed by atoms with E-state index in [1.807, 2.05) is 0 Å². The van der Waals surface area contributed by atoms with Crippen LogP contribution in [0.2, 0.25) is 0 Å². The van der Waals surface area contributed by atoms with Gasteiger partial charge in [0.05, 0.1) is 19.8 Å². The number of morpholine rings is 1. The highest BCUT2D eigenvalue weighted by Crippen LogP contribution is 2.24. The molecule has 1 aliphatic heterocycles. The molecular formula is C19H32N4O. The van der Waals surface area contributed by atoms with Crippen molar-refractivity contribution < 1.29 is 4.74 Å². The van der Waals surface area contributed by atoms with Crippen LogP contribution in [0, 0.1) is 6.92 Å². The summed E-state index contributed by atoms with van der Waals surface area (Å²) in [4.78, 5) is 6.97. The second-order valence-electron chi connectivity index (χ2n) is 7.19. The van der Waals surface area contributed by atoms with E-state index in [4.69, 9.17) is 10.5 Å². The quantitative estimate of drug-likeness (QED) is 0.455. The number of hydrogen-bond donors (Lipinski definition) is 2. The van der Waals surface area contributed by atoms with E-state index in [9.17, 15) is 0 Å². The molecule has 1 aromatic carbocycles. The molecule has 5 nitrogen and oxygen atoms in total. The average molecular weight is 332 g/mol. The largest absolute Gasteiger partial charge is 0.379 e. The van der Waals surface area contributed by atoms with Gasteiger partial charge >= 0.3 is 0 Å². The summed E-state index contributed by atoms with van der Waals surface area (Å²) in [5.41, 5.74) is 8.57. The fourth-order valence-corrected chi connectivity index (χ4v) is 2.84. The first-order valence-corrected chi connectivity index (χ1v) is 8.88. The van der Waals surface area contributed by atoms with Crippen molar-refractivity contribution in [3.8, 4) is 0 Å². The van der Waals surface area contributed by atoms with Gasteiger partial charge in [-0.05, 0) is 25.5 Å². The molecule has 134 valence electrons. The number of rotatable bonds is 7. The van der Waals surface area contributed by atoms with Gasteiger partial charge in [0.2, 0.25) is 0 Å². The lowest BCUT2D eigenvalue weighted by Gasteiger charge is -2.26. The first kappa shape index (κ1) is 18.7. The van der Waals surface area contributed by atoms with Crippen molar-refractivity contribution in [3.05, 3.63) is 35.4 Å². The zero-order valence-electron chi connectivity index (χ0n) is 15.3. The summed E-state index contributed by atoms with van der Waals surface area (Å²) in [7, 11) is 0. The minimum Gasteiger partial charge on any atom is -0.379 e. The van der Waals surface area contributed by atoms with E-state index in [1.54, 1.807) is 0 Å². The molecule has 0 aliphatic carbocycles. The highest BCUT2D eigenvalue weighted by atomic mass is 16.5. The van der Waals surface area contributed by atoms with Crippen LogP contribution >= 0.6 is 0 Å². The molecule has 0 bridgehead atoms. The molecule has 2 rings (SSSR count). The first-order valence-electron chi connectivity index (χ1n) is 8.88. The average Bonchev–Trinajstić information content (AvgIpc) is 2.58. The predicted octanol–water partition coefficient (Wildman–Crippen LogP) is 1.90. The Morgan fingerprint density at radius 1 is 1.33 bits per heavy atom. The Hall–Kier alpha value is -1.59. The molecule has 1 aromatic rings. The fraction of sp³-hybridized carbons (Fsp3) is 0.632. The van der Waals surface area contributed by atoms with Crippen LogP contribution in [0.1, 0.15) is 31.4 Å². The number of aliphatic imine (C=N–C) groups is 1. The van der Waals surface area contributed by atoms with E-state index < -0.39 is 0 Å². The minimum absolute atomic E-state index is 0.0217. The van der Waals surface area contributed by atoms with Crippen LogP contribution in [-0.4, -0.2) is 56.8 Å². The Bertz CT molecular complexity index is 536. The Kier molecular flexibility index (Phi) is 7.06. The fourth-order valence-electron chi connectivity index (χ4n) is 2.84. The summed E-state index contributed by atoms with van der Waals surface area (Å²) in [6.07, 6.45) is 1.07. The lowest BCUT2D eigenvalue weighted by atomic mass is 9.84. The summed E-state index contributed by atoms with van der Waals surface area (Å²) in [6.45, 7) is 12.9. The van der Waals surface area contributed by atoms with Gasteiger partial charge in [-0.2, -0.15) is 0 Å². The van der Waals surface area contributed by atoms with Gasteiger partial charge in [0, 0.05) is 25.0 Å². The summed E-state index contributed by atoms with van der Waals surface area (Å²) in [5.74, 6) is 0.540. The summed E-state index contributed by atoms with van der Waals surface area (Å²) >= 11 is 0. The van der Waals surface area contributed by atoms with Crippen LogP contribution in [0.3, 0.4) is 0 Å². The maximum atomic E-state index is 6.01. The molecule has 0 radical (unpaired) electrons. The van der Waals surface area contributed by atoms with Gasteiger partial charge in [0.1, 0.15) is 0 Å². The molecule has 0 amide bonds.